The van der Waals surface area contributed by atoms with Gasteiger partial charge in [-0.3, -0.25) is 9.69 Å². The Labute approximate surface area is 181 Å². The molecule has 0 radical (unpaired) electrons. The molecular weight excluding hydrogens is 400 g/mol. The van der Waals surface area contributed by atoms with Crippen molar-refractivity contribution in [1.82, 2.24) is 4.90 Å². The molecule has 1 aliphatic heterocycles. The van der Waals surface area contributed by atoms with Crippen molar-refractivity contribution in [3.05, 3.63) is 64.6 Å². The lowest BCUT2D eigenvalue weighted by molar-refractivity contribution is -0.122. The molecule has 1 fully saturated rings. The van der Waals surface area contributed by atoms with Crippen molar-refractivity contribution < 1.29 is 9.53 Å². The number of thioether (sulfide) groups is 2. The second-order valence-electron chi connectivity index (χ2n) is 6.65. The molecule has 0 unspecified atom stereocenters. The first-order chi connectivity index (χ1) is 14.1. The quantitative estimate of drug-likeness (QED) is 0.398. The summed E-state index contributed by atoms with van der Waals surface area (Å²) in [5, 5.41) is 0.749. The van der Waals surface area contributed by atoms with E-state index in [1.165, 1.54) is 11.8 Å². The van der Waals surface area contributed by atoms with Gasteiger partial charge in [-0.25, -0.2) is 4.99 Å². The van der Waals surface area contributed by atoms with Crippen LogP contribution in [-0.4, -0.2) is 41.1 Å². The summed E-state index contributed by atoms with van der Waals surface area (Å²) in [6.07, 6.45) is 4.96. The third kappa shape index (κ3) is 5.90. The van der Waals surface area contributed by atoms with Crippen molar-refractivity contribution in [1.29, 1.82) is 0 Å². The maximum atomic E-state index is 13.1. The third-order valence-electron chi connectivity index (χ3n) is 4.33. The molecule has 0 N–H and O–H groups in total. The highest BCUT2D eigenvalue weighted by atomic mass is 32.2. The topological polar surface area (TPSA) is 41.9 Å². The molecule has 0 aliphatic carbocycles. The van der Waals surface area contributed by atoms with Gasteiger partial charge in [0, 0.05) is 6.54 Å². The molecule has 1 heterocycles. The molecule has 4 nitrogen and oxygen atoms in total. The number of ether oxygens (including phenoxy) is 1. The second kappa shape index (κ2) is 10.6. The van der Waals surface area contributed by atoms with E-state index in [9.17, 15) is 4.79 Å². The number of carbonyl (C=O) groups excluding carboxylic acids is 1. The maximum absolute atomic E-state index is 13.1. The lowest BCUT2D eigenvalue weighted by atomic mass is 10.2. The maximum Gasteiger partial charge on any atom is 0.266 e. The molecule has 0 bridgehead atoms. The van der Waals surface area contributed by atoms with Crippen LogP contribution in [-0.2, 0) is 4.79 Å². The molecule has 2 aromatic rings. The van der Waals surface area contributed by atoms with E-state index in [4.69, 9.17) is 9.73 Å². The predicted octanol–water partition coefficient (Wildman–Crippen LogP) is 5.75. The van der Waals surface area contributed by atoms with E-state index in [0.29, 0.717) is 18.1 Å². The summed E-state index contributed by atoms with van der Waals surface area (Å²) >= 11 is 3.24. The van der Waals surface area contributed by atoms with Crippen LogP contribution in [0.1, 0.15) is 24.5 Å². The minimum atomic E-state index is 0.0244. The summed E-state index contributed by atoms with van der Waals surface area (Å²) in [5.74, 6) is 1.88. The Morgan fingerprint density at radius 1 is 1.21 bits per heavy atom. The van der Waals surface area contributed by atoms with Crippen LogP contribution in [0.2, 0.25) is 0 Å². The number of hydrogen-bond donors (Lipinski definition) is 0. The Morgan fingerprint density at radius 2 is 2.00 bits per heavy atom. The number of carbonyl (C=O) groups is 1. The molecule has 0 saturated carbocycles. The van der Waals surface area contributed by atoms with E-state index in [2.05, 4.69) is 6.26 Å². The lowest BCUT2D eigenvalue weighted by Crippen LogP contribution is -2.30. The predicted molar refractivity (Wildman–Crippen MR) is 126 cm³/mol. The summed E-state index contributed by atoms with van der Waals surface area (Å²) in [4.78, 5) is 20.4. The highest BCUT2D eigenvalue weighted by molar-refractivity contribution is 8.18. The smallest absolute Gasteiger partial charge is 0.266 e. The Kier molecular flexibility index (Phi) is 7.83. The van der Waals surface area contributed by atoms with Crippen LogP contribution in [0.5, 0.6) is 5.75 Å². The molecule has 1 aliphatic rings. The van der Waals surface area contributed by atoms with E-state index < -0.39 is 0 Å². The van der Waals surface area contributed by atoms with Gasteiger partial charge in [0.25, 0.3) is 5.91 Å². The standard InChI is InChI=1S/C23H26N2O2S2/c1-4-27-20-11-9-18(10-12-20)16-21-22(26)25(13-6-14-28-3)23(29-21)24-19-8-5-7-17(2)15-19/h5,7-12,15-16H,4,6,13-14H2,1-3H3. The van der Waals surface area contributed by atoms with E-state index in [1.807, 2.05) is 73.4 Å². The van der Waals surface area contributed by atoms with Gasteiger partial charge < -0.3 is 4.74 Å². The number of amides is 1. The molecular formula is C23H26N2O2S2. The molecule has 0 aromatic heterocycles. The Morgan fingerprint density at radius 3 is 2.69 bits per heavy atom. The summed E-state index contributed by atoms with van der Waals surface area (Å²) < 4.78 is 5.49. The second-order valence-corrected chi connectivity index (χ2v) is 8.64. The monoisotopic (exact) mass is 426 g/mol. The highest BCUT2D eigenvalue weighted by Crippen LogP contribution is 2.34. The van der Waals surface area contributed by atoms with Gasteiger partial charge in [0.2, 0.25) is 0 Å². The van der Waals surface area contributed by atoms with Gasteiger partial charge in [0.05, 0.1) is 17.2 Å². The molecule has 2 aromatic carbocycles. The highest BCUT2D eigenvalue weighted by Gasteiger charge is 2.33. The first kappa shape index (κ1) is 21.5. The normalized spacial score (nSPS) is 16.8. The zero-order valence-electron chi connectivity index (χ0n) is 17.1. The van der Waals surface area contributed by atoms with Gasteiger partial charge in [-0.05, 0) is 85.5 Å². The van der Waals surface area contributed by atoms with Crippen molar-refractivity contribution in [3.63, 3.8) is 0 Å². The van der Waals surface area contributed by atoms with Gasteiger partial charge in [0.15, 0.2) is 5.17 Å². The zero-order chi connectivity index (χ0) is 20.6. The van der Waals surface area contributed by atoms with Crippen molar-refractivity contribution in [2.24, 2.45) is 4.99 Å². The van der Waals surface area contributed by atoms with E-state index in [0.717, 1.165) is 39.9 Å². The van der Waals surface area contributed by atoms with Crippen molar-refractivity contribution in [2.75, 3.05) is 25.2 Å². The van der Waals surface area contributed by atoms with Crippen molar-refractivity contribution in [2.45, 2.75) is 20.3 Å². The molecule has 1 amide bonds. The van der Waals surface area contributed by atoms with Crippen LogP contribution in [0, 0.1) is 6.92 Å². The van der Waals surface area contributed by atoms with Crippen LogP contribution < -0.4 is 4.74 Å². The molecule has 6 heteroatoms. The molecule has 1 saturated heterocycles. The van der Waals surface area contributed by atoms with Crippen molar-refractivity contribution in [3.8, 4) is 5.75 Å². The number of aliphatic imine (C=N–C) groups is 1. The number of benzene rings is 2. The van der Waals surface area contributed by atoms with Crippen LogP contribution in [0.25, 0.3) is 6.08 Å². The van der Waals surface area contributed by atoms with Gasteiger partial charge >= 0.3 is 0 Å². The van der Waals surface area contributed by atoms with Gasteiger partial charge in [0.1, 0.15) is 5.75 Å². The number of aryl methyl sites for hydroxylation is 1. The summed E-state index contributed by atoms with van der Waals surface area (Å²) in [6.45, 7) is 5.32. The van der Waals surface area contributed by atoms with Gasteiger partial charge in [-0.2, -0.15) is 11.8 Å². The van der Waals surface area contributed by atoms with E-state index in [1.54, 1.807) is 11.8 Å². The largest absolute Gasteiger partial charge is 0.494 e. The first-order valence-electron chi connectivity index (χ1n) is 9.69. The number of amidine groups is 1. The Balaban J connectivity index is 1.86. The van der Waals surface area contributed by atoms with Crippen LogP contribution in [0.3, 0.4) is 0 Å². The Hall–Kier alpha value is -2.18. The average molecular weight is 427 g/mol. The van der Waals surface area contributed by atoms with Crippen LogP contribution >= 0.6 is 23.5 Å². The van der Waals surface area contributed by atoms with E-state index >= 15 is 0 Å². The zero-order valence-corrected chi connectivity index (χ0v) is 18.7. The average Bonchev–Trinajstić information content (AvgIpc) is 2.99. The summed E-state index contributed by atoms with van der Waals surface area (Å²) in [7, 11) is 0. The van der Waals surface area contributed by atoms with E-state index in [-0.39, 0.29) is 5.91 Å². The minimum absolute atomic E-state index is 0.0244. The molecule has 3 rings (SSSR count). The van der Waals surface area contributed by atoms with Crippen LogP contribution in [0.15, 0.2) is 58.4 Å². The summed E-state index contributed by atoms with van der Waals surface area (Å²) in [5.41, 5.74) is 3.00. The third-order valence-corrected chi connectivity index (χ3v) is 6.04. The molecule has 152 valence electrons. The minimum Gasteiger partial charge on any atom is -0.494 e. The number of rotatable bonds is 8. The van der Waals surface area contributed by atoms with Gasteiger partial charge in [-0.15, -0.1) is 0 Å². The molecule has 29 heavy (non-hydrogen) atoms. The fraction of sp³-hybridized carbons (Fsp3) is 0.304. The van der Waals surface area contributed by atoms with Gasteiger partial charge in [-0.1, -0.05) is 24.3 Å². The SMILES string of the molecule is CCOc1ccc(C=C2SC(=Nc3cccc(C)c3)N(CCCSC)C2=O)cc1. The fourth-order valence-electron chi connectivity index (χ4n) is 2.94. The first-order valence-corrected chi connectivity index (χ1v) is 11.9. The fourth-order valence-corrected chi connectivity index (χ4v) is 4.38. The molecule has 0 atom stereocenters. The van der Waals surface area contributed by atoms with Crippen molar-refractivity contribution >= 4 is 46.4 Å². The number of hydrogen-bond acceptors (Lipinski definition) is 5. The number of nitrogens with zero attached hydrogens (tertiary/aromatic N) is 2. The summed E-state index contributed by atoms with van der Waals surface area (Å²) in [6, 6.07) is 15.8. The molecule has 0 spiro atoms. The van der Waals surface area contributed by atoms with Crippen LogP contribution in [0.4, 0.5) is 5.69 Å². The Bertz CT molecular complexity index is 907. The lowest BCUT2D eigenvalue weighted by Gasteiger charge is -2.15.